The molecular formula is C21H27ClN4. The third-order valence-corrected chi connectivity index (χ3v) is 5.14. The van der Waals surface area contributed by atoms with E-state index in [9.17, 15) is 0 Å². The van der Waals surface area contributed by atoms with E-state index in [0.717, 1.165) is 39.1 Å². The van der Waals surface area contributed by atoms with Crippen molar-refractivity contribution >= 4 is 29.0 Å². The lowest BCUT2D eigenvalue weighted by molar-refractivity contribution is 0.242. The number of aromatic amines is 1. The number of hydrogen-bond donors (Lipinski definition) is 2. The van der Waals surface area contributed by atoms with E-state index in [0.29, 0.717) is 0 Å². The van der Waals surface area contributed by atoms with Crippen LogP contribution in [0.1, 0.15) is 5.56 Å². The van der Waals surface area contributed by atoms with Crippen LogP contribution in [0.3, 0.4) is 0 Å². The van der Waals surface area contributed by atoms with Gasteiger partial charge < -0.3 is 15.6 Å². The molecule has 1 aliphatic heterocycles. The minimum atomic E-state index is 0. The Labute approximate surface area is 161 Å². The van der Waals surface area contributed by atoms with E-state index in [-0.39, 0.29) is 18.4 Å². The summed E-state index contributed by atoms with van der Waals surface area (Å²) in [5.74, 6) is 0. The van der Waals surface area contributed by atoms with Gasteiger partial charge in [-0.2, -0.15) is 0 Å². The number of rotatable bonds is 5. The number of piperazine rings is 1. The van der Waals surface area contributed by atoms with Gasteiger partial charge in [-0.1, -0.05) is 36.4 Å². The molecule has 0 aliphatic carbocycles. The molecule has 0 saturated carbocycles. The van der Waals surface area contributed by atoms with Crippen LogP contribution in [-0.2, 0) is 6.42 Å². The lowest BCUT2D eigenvalue weighted by Crippen LogP contribution is -2.50. The van der Waals surface area contributed by atoms with Gasteiger partial charge in [-0.3, -0.25) is 4.90 Å². The Morgan fingerprint density at radius 1 is 0.923 bits per heavy atom. The van der Waals surface area contributed by atoms with Gasteiger partial charge in [-0.25, -0.2) is 0 Å². The molecule has 0 bridgehead atoms. The van der Waals surface area contributed by atoms with Crippen molar-refractivity contribution in [1.82, 2.24) is 9.88 Å². The molecule has 1 fully saturated rings. The molecule has 1 saturated heterocycles. The molecule has 1 atom stereocenters. The summed E-state index contributed by atoms with van der Waals surface area (Å²) >= 11 is 0. The number of anilines is 1. The van der Waals surface area contributed by atoms with Gasteiger partial charge in [0.15, 0.2) is 0 Å². The summed E-state index contributed by atoms with van der Waals surface area (Å²) in [5.41, 5.74) is 10.3. The summed E-state index contributed by atoms with van der Waals surface area (Å²) in [5, 5.41) is 1.30. The topological polar surface area (TPSA) is 48.3 Å². The summed E-state index contributed by atoms with van der Waals surface area (Å²) in [6.07, 6.45) is 3.03. The molecule has 2 heterocycles. The van der Waals surface area contributed by atoms with Crippen LogP contribution in [0, 0.1) is 0 Å². The number of hydrogen-bond acceptors (Lipinski definition) is 3. The van der Waals surface area contributed by atoms with Crippen molar-refractivity contribution in [3.63, 3.8) is 0 Å². The zero-order valence-electron chi connectivity index (χ0n) is 15.0. The number of nitrogens with two attached hydrogens (primary N) is 1. The average molecular weight is 371 g/mol. The van der Waals surface area contributed by atoms with Gasteiger partial charge in [0, 0.05) is 61.6 Å². The lowest BCUT2D eigenvalue weighted by Gasteiger charge is -2.37. The highest BCUT2D eigenvalue weighted by Crippen LogP contribution is 2.19. The number of nitrogens with zero attached hydrogens (tertiary/aromatic N) is 2. The third-order valence-electron chi connectivity index (χ3n) is 5.14. The zero-order valence-corrected chi connectivity index (χ0v) is 15.8. The number of benzene rings is 2. The quantitative estimate of drug-likeness (QED) is 0.724. The number of halogens is 1. The van der Waals surface area contributed by atoms with E-state index in [1.165, 1.54) is 22.2 Å². The fraction of sp³-hybridized carbons (Fsp3) is 0.333. The third kappa shape index (κ3) is 4.21. The highest BCUT2D eigenvalue weighted by molar-refractivity contribution is 5.85. The van der Waals surface area contributed by atoms with Crippen molar-refractivity contribution in [3.8, 4) is 0 Å². The molecule has 2 aromatic carbocycles. The fourth-order valence-electron chi connectivity index (χ4n) is 3.81. The van der Waals surface area contributed by atoms with Crippen LogP contribution in [0.25, 0.3) is 10.9 Å². The number of nitrogens with one attached hydrogen (secondary N) is 1. The number of H-pyrrole nitrogens is 1. The first-order valence-corrected chi connectivity index (χ1v) is 9.12. The minimum Gasteiger partial charge on any atom is -0.369 e. The predicted molar refractivity (Wildman–Crippen MR) is 112 cm³/mol. The van der Waals surface area contributed by atoms with E-state index in [1.54, 1.807) is 0 Å². The molecule has 26 heavy (non-hydrogen) atoms. The van der Waals surface area contributed by atoms with Crippen LogP contribution in [-0.4, -0.2) is 48.6 Å². The maximum Gasteiger partial charge on any atom is 0.0456 e. The molecule has 5 heteroatoms. The van der Waals surface area contributed by atoms with Crippen LogP contribution in [0.2, 0.25) is 0 Å². The second-order valence-electron chi connectivity index (χ2n) is 6.95. The van der Waals surface area contributed by atoms with Crippen molar-refractivity contribution in [1.29, 1.82) is 0 Å². The second kappa shape index (κ2) is 8.58. The molecule has 1 aromatic heterocycles. The Morgan fingerprint density at radius 2 is 1.62 bits per heavy atom. The van der Waals surface area contributed by atoms with Crippen molar-refractivity contribution in [3.05, 3.63) is 66.4 Å². The van der Waals surface area contributed by atoms with Gasteiger partial charge in [0.25, 0.3) is 0 Å². The van der Waals surface area contributed by atoms with Crippen molar-refractivity contribution < 1.29 is 0 Å². The maximum absolute atomic E-state index is 6.46. The first-order chi connectivity index (χ1) is 12.3. The zero-order chi connectivity index (χ0) is 17.1. The van der Waals surface area contributed by atoms with E-state index < -0.39 is 0 Å². The Kier molecular flexibility index (Phi) is 6.20. The second-order valence-corrected chi connectivity index (χ2v) is 6.95. The summed E-state index contributed by atoms with van der Waals surface area (Å²) in [6, 6.07) is 19.3. The Morgan fingerprint density at radius 3 is 2.38 bits per heavy atom. The molecule has 138 valence electrons. The van der Waals surface area contributed by atoms with Gasteiger partial charge in [-0.15, -0.1) is 12.4 Å². The van der Waals surface area contributed by atoms with Crippen LogP contribution in [0.5, 0.6) is 0 Å². The molecule has 3 aromatic rings. The van der Waals surface area contributed by atoms with Crippen molar-refractivity contribution in [2.45, 2.75) is 12.5 Å². The molecule has 0 spiro atoms. The summed E-state index contributed by atoms with van der Waals surface area (Å²) in [7, 11) is 0. The predicted octanol–water partition coefficient (Wildman–Crippen LogP) is 3.28. The van der Waals surface area contributed by atoms with Crippen molar-refractivity contribution in [2.24, 2.45) is 5.73 Å². The molecule has 0 radical (unpaired) electrons. The first-order valence-electron chi connectivity index (χ1n) is 9.12. The molecule has 4 nitrogen and oxygen atoms in total. The van der Waals surface area contributed by atoms with Crippen LogP contribution in [0.15, 0.2) is 60.8 Å². The average Bonchev–Trinajstić information content (AvgIpc) is 3.06. The minimum absolute atomic E-state index is 0. The normalized spacial score (nSPS) is 16.4. The Bertz CT molecular complexity index is 809. The van der Waals surface area contributed by atoms with E-state index >= 15 is 0 Å². The fourth-order valence-corrected chi connectivity index (χ4v) is 3.81. The first kappa shape index (κ1) is 18.8. The Hall–Kier alpha value is -2.01. The monoisotopic (exact) mass is 370 g/mol. The van der Waals surface area contributed by atoms with Crippen LogP contribution in [0.4, 0.5) is 5.69 Å². The van der Waals surface area contributed by atoms with E-state index in [2.05, 4.69) is 75.6 Å². The lowest BCUT2D eigenvalue weighted by atomic mass is 10.0. The summed E-state index contributed by atoms with van der Waals surface area (Å²) in [6.45, 7) is 5.27. The van der Waals surface area contributed by atoms with Crippen LogP contribution >= 0.6 is 12.4 Å². The molecule has 4 rings (SSSR count). The van der Waals surface area contributed by atoms with Gasteiger partial charge in [0.1, 0.15) is 0 Å². The number of fused-ring (bicyclic) bond motifs is 1. The van der Waals surface area contributed by atoms with Gasteiger partial charge in [-0.05, 0) is 30.2 Å². The van der Waals surface area contributed by atoms with Gasteiger partial charge in [0.05, 0.1) is 0 Å². The van der Waals surface area contributed by atoms with Gasteiger partial charge >= 0.3 is 0 Å². The molecule has 1 aliphatic rings. The van der Waals surface area contributed by atoms with Crippen molar-refractivity contribution in [2.75, 3.05) is 37.6 Å². The largest absolute Gasteiger partial charge is 0.369 e. The molecule has 3 N–H and O–H groups in total. The highest BCUT2D eigenvalue weighted by atomic mass is 35.5. The highest BCUT2D eigenvalue weighted by Gasteiger charge is 2.19. The van der Waals surface area contributed by atoms with Crippen LogP contribution < -0.4 is 10.6 Å². The molecular weight excluding hydrogens is 344 g/mol. The summed E-state index contributed by atoms with van der Waals surface area (Å²) in [4.78, 5) is 8.30. The standard InChI is InChI=1S/C21H26N4.ClH/c22-18(14-17-15-23-21-9-5-4-8-20(17)21)16-24-10-12-25(13-11-24)19-6-2-1-3-7-19;/h1-9,15,18,23H,10-14,16,22H2;1H/t18-;/m0./s1. The maximum atomic E-state index is 6.46. The summed E-state index contributed by atoms with van der Waals surface area (Å²) < 4.78 is 0. The van der Waals surface area contributed by atoms with Gasteiger partial charge in [0.2, 0.25) is 0 Å². The smallest absolute Gasteiger partial charge is 0.0456 e. The molecule has 0 unspecified atom stereocenters. The number of aromatic nitrogens is 1. The van der Waals surface area contributed by atoms with E-state index in [4.69, 9.17) is 5.73 Å². The molecule has 0 amide bonds. The number of para-hydroxylation sites is 2. The van der Waals surface area contributed by atoms with E-state index in [1.807, 2.05) is 0 Å². The SMILES string of the molecule is Cl.N[C@@H](Cc1c[nH]c2ccccc12)CN1CCN(c2ccccc2)CC1. The Balaban J connectivity index is 0.00000196.